The summed E-state index contributed by atoms with van der Waals surface area (Å²) in [5, 5.41) is 2.09. The minimum absolute atomic E-state index is 0.352. The lowest BCUT2D eigenvalue weighted by Gasteiger charge is -2.07. The summed E-state index contributed by atoms with van der Waals surface area (Å²) < 4.78 is 4.81. The van der Waals surface area contributed by atoms with Crippen LogP contribution in [0.5, 0.6) is 0 Å². The molecule has 0 spiro atoms. The number of H-pyrrole nitrogens is 1. The van der Waals surface area contributed by atoms with Crippen LogP contribution < -0.4 is 0 Å². The number of hydrogen-bond acceptors (Lipinski definition) is 3. The highest BCUT2D eigenvalue weighted by Gasteiger charge is 2.18. The van der Waals surface area contributed by atoms with Crippen LogP contribution in [0, 0.1) is 0 Å². The van der Waals surface area contributed by atoms with Gasteiger partial charge in [-0.25, -0.2) is 9.78 Å². The summed E-state index contributed by atoms with van der Waals surface area (Å²) in [4.78, 5) is 19.4. The van der Waals surface area contributed by atoms with E-state index in [1.807, 2.05) is 24.3 Å². The number of carbonyl (C=O) groups is 1. The molecule has 0 aliphatic heterocycles. The van der Waals surface area contributed by atoms with Gasteiger partial charge in [-0.3, -0.25) is 0 Å². The van der Waals surface area contributed by atoms with Gasteiger partial charge in [0.05, 0.1) is 18.8 Å². The highest BCUT2D eigenvalue weighted by atomic mass is 16.5. The van der Waals surface area contributed by atoms with Crippen LogP contribution in [0.25, 0.3) is 21.8 Å². The first-order chi connectivity index (χ1) is 9.76. The first-order valence-electron chi connectivity index (χ1n) is 6.33. The van der Waals surface area contributed by atoms with Gasteiger partial charge >= 0.3 is 5.97 Å². The van der Waals surface area contributed by atoms with Crippen molar-refractivity contribution in [3.63, 3.8) is 0 Å². The van der Waals surface area contributed by atoms with Crippen molar-refractivity contribution in [1.29, 1.82) is 0 Å². The van der Waals surface area contributed by atoms with Crippen molar-refractivity contribution in [2.75, 3.05) is 7.11 Å². The van der Waals surface area contributed by atoms with E-state index in [0.717, 1.165) is 27.4 Å². The number of fused-ring (bicyclic) bond motifs is 3. The normalized spacial score (nSPS) is 10.8. The molecule has 20 heavy (non-hydrogen) atoms. The van der Waals surface area contributed by atoms with Gasteiger partial charge in [-0.05, 0) is 18.1 Å². The number of esters is 1. The Morgan fingerprint density at radius 3 is 2.95 bits per heavy atom. The molecule has 2 heterocycles. The third-order valence-electron chi connectivity index (χ3n) is 3.37. The fourth-order valence-electron chi connectivity index (χ4n) is 2.53. The third kappa shape index (κ3) is 1.77. The highest BCUT2D eigenvalue weighted by molar-refractivity contribution is 6.11. The molecule has 0 bridgehead atoms. The Kier molecular flexibility index (Phi) is 2.99. The van der Waals surface area contributed by atoms with E-state index in [2.05, 4.69) is 16.5 Å². The number of pyridine rings is 1. The van der Waals surface area contributed by atoms with E-state index < -0.39 is 5.97 Å². The summed E-state index contributed by atoms with van der Waals surface area (Å²) >= 11 is 0. The molecule has 4 nitrogen and oxygen atoms in total. The second-order valence-electron chi connectivity index (χ2n) is 4.53. The summed E-state index contributed by atoms with van der Waals surface area (Å²) in [6.45, 7) is 3.76. The van der Waals surface area contributed by atoms with Crippen molar-refractivity contribution >= 4 is 27.8 Å². The number of nitrogens with one attached hydrogen (secondary N) is 1. The van der Waals surface area contributed by atoms with Crippen molar-refractivity contribution in [3.05, 3.63) is 54.4 Å². The monoisotopic (exact) mass is 266 g/mol. The molecule has 0 saturated heterocycles. The van der Waals surface area contributed by atoms with Crippen LogP contribution in [-0.4, -0.2) is 23.0 Å². The van der Waals surface area contributed by atoms with E-state index in [9.17, 15) is 4.79 Å². The maximum atomic E-state index is 11.9. The number of rotatable bonds is 3. The SMILES string of the molecule is C=CCc1c(C(=O)OC)ncc2[nH]c3ccccc3c12. The number of methoxy groups -OCH3 is 1. The van der Waals surface area contributed by atoms with Gasteiger partial charge in [0.1, 0.15) is 0 Å². The number of ether oxygens (including phenoxy) is 1. The molecule has 4 heteroatoms. The number of benzene rings is 1. The zero-order valence-electron chi connectivity index (χ0n) is 11.1. The largest absolute Gasteiger partial charge is 0.464 e. The Morgan fingerprint density at radius 2 is 2.20 bits per heavy atom. The molecule has 0 radical (unpaired) electrons. The summed E-state index contributed by atoms with van der Waals surface area (Å²) in [7, 11) is 1.36. The lowest BCUT2D eigenvalue weighted by atomic mass is 10.0. The van der Waals surface area contributed by atoms with Crippen LogP contribution in [0.4, 0.5) is 0 Å². The zero-order valence-corrected chi connectivity index (χ0v) is 11.1. The van der Waals surface area contributed by atoms with Gasteiger partial charge in [0.15, 0.2) is 5.69 Å². The molecule has 0 saturated carbocycles. The molecule has 0 atom stereocenters. The number of hydrogen-bond donors (Lipinski definition) is 1. The Morgan fingerprint density at radius 1 is 1.40 bits per heavy atom. The predicted molar refractivity (Wildman–Crippen MR) is 78.8 cm³/mol. The van der Waals surface area contributed by atoms with E-state index in [0.29, 0.717) is 12.1 Å². The highest BCUT2D eigenvalue weighted by Crippen LogP contribution is 2.30. The standard InChI is InChI=1S/C16H14N2O2/c1-3-6-11-14-10-7-4-5-8-12(10)18-13(14)9-17-15(11)16(19)20-2/h3-5,7-9,18H,1,6H2,2H3. The fraction of sp³-hybridized carbons (Fsp3) is 0.125. The molecule has 3 aromatic rings. The molecule has 0 amide bonds. The average molecular weight is 266 g/mol. The van der Waals surface area contributed by atoms with Crippen LogP contribution >= 0.6 is 0 Å². The first-order valence-corrected chi connectivity index (χ1v) is 6.33. The quantitative estimate of drug-likeness (QED) is 0.585. The van der Waals surface area contributed by atoms with Gasteiger partial charge in [0, 0.05) is 16.3 Å². The van der Waals surface area contributed by atoms with Crippen LogP contribution in [0.3, 0.4) is 0 Å². The predicted octanol–water partition coefficient (Wildman–Crippen LogP) is 3.23. The summed E-state index contributed by atoms with van der Waals surface area (Å²) in [6, 6.07) is 7.98. The van der Waals surface area contributed by atoms with Crippen LogP contribution in [0.1, 0.15) is 16.1 Å². The van der Waals surface area contributed by atoms with Crippen LogP contribution in [0.15, 0.2) is 43.1 Å². The molecule has 2 aromatic heterocycles. The van der Waals surface area contributed by atoms with E-state index in [4.69, 9.17) is 4.74 Å². The average Bonchev–Trinajstić information content (AvgIpc) is 2.86. The molecule has 3 rings (SSSR count). The second-order valence-corrected chi connectivity index (χ2v) is 4.53. The van der Waals surface area contributed by atoms with E-state index in [1.54, 1.807) is 12.3 Å². The topological polar surface area (TPSA) is 55.0 Å². The van der Waals surface area contributed by atoms with Crippen molar-refractivity contribution in [2.24, 2.45) is 0 Å². The van der Waals surface area contributed by atoms with Crippen molar-refractivity contribution in [1.82, 2.24) is 9.97 Å². The molecule has 1 aromatic carbocycles. The Labute approximate surface area is 116 Å². The number of aromatic nitrogens is 2. The van der Waals surface area contributed by atoms with Crippen LogP contribution in [-0.2, 0) is 11.2 Å². The van der Waals surface area contributed by atoms with Gasteiger partial charge in [-0.1, -0.05) is 24.3 Å². The van der Waals surface area contributed by atoms with Crippen molar-refractivity contribution in [2.45, 2.75) is 6.42 Å². The fourth-order valence-corrected chi connectivity index (χ4v) is 2.53. The molecule has 1 N–H and O–H groups in total. The second kappa shape index (κ2) is 4.81. The molecule has 0 aliphatic rings. The minimum atomic E-state index is -0.422. The van der Waals surface area contributed by atoms with Gasteiger partial charge < -0.3 is 9.72 Å². The van der Waals surface area contributed by atoms with E-state index >= 15 is 0 Å². The maximum Gasteiger partial charge on any atom is 0.356 e. The summed E-state index contributed by atoms with van der Waals surface area (Å²) in [6.07, 6.45) is 4.01. The summed E-state index contributed by atoms with van der Waals surface area (Å²) in [5.41, 5.74) is 3.14. The summed E-state index contributed by atoms with van der Waals surface area (Å²) in [5.74, 6) is -0.422. The van der Waals surface area contributed by atoms with Gasteiger partial charge in [-0.2, -0.15) is 0 Å². The van der Waals surface area contributed by atoms with Crippen molar-refractivity contribution < 1.29 is 9.53 Å². The Bertz CT molecular complexity index is 818. The molecule has 0 fully saturated rings. The molecule has 100 valence electrons. The van der Waals surface area contributed by atoms with Gasteiger partial charge in [0.25, 0.3) is 0 Å². The van der Waals surface area contributed by atoms with Crippen molar-refractivity contribution in [3.8, 4) is 0 Å². The van der Waals surface area contributed by atoms with Gasteiger partial charge in [0.2, 0.25) is 0 Å². The third-order valence-corrected chi connectivity index (χ3v) is 3.37. The van der Waals surface area contributed by atoms with Crippen LogP contribution in [0.2, 0.25) is 0 Å². The number of carbonyl (C=O) groups excluding carboxylic acids is 1. The Balaban J connectivity index is 2.43. The number of para-hydroxylation sites is 1. The molecular formula is C16H14N2O2. The smallest absolute Gasteiger partial charge is 0.356 e. The lowest BCUT2D eigenvalue weighted by molar-refractivity contribution is 0.0593. The number of allylic oxidation sites excluding steroid dienone is 1. The van der Waals surface area contributed by atoms with Gasteiger partial charge in [-0.15, -0.1) is 6.58 Å². The maximum absolute atomic E-state index is 11.9. The number of aromatic amines is 1. The minimum Gasteiger partial charge on any atom is -0.464 e. The number of nitrogens with zero attached hydrogens (tertiary/aromatic N) is 1. The lowest BCUT2D eigenvalue weighted by Crippen LogP contribution is -2.08. The van der Waals surface area contributed by atoms with E-state index in [1.165, 1.54) is 7.11 Å². The zero-order chi connectivity index (χ0) is 14.1. The molecule has 0 aliphatic carbocycles. The molecular weight excluding hydrogens is 252 g/mol. The first kappa shape index (κ1) is 12.4. The Hall–Kier alpha value is -2.62. The van der Waals surface area contributed by atoms with E-state index in [-0.39, 0.29) is 0 Å². The molecule has 0 unspecified atom stereocenters.